The molecule has 2 aromatic rings. The Morgan fingerprint density at radius 2 is 1.93 bits per heavy atom. The number of nitrogens with zero attached hydrogens (tertiary/aromatic N) is 2. The first kappa shape index (κ1) is 20.1. The summed E-state index contributed by atoms with van der Waals surface area (Å²) in [6.07, 6.45) is 0. The minimum atomic E-state index is -1.04. The van der Waals surface area contributed by atoms with Gasteiger partial charge in [-0.2, -0.15) is 0 Å². The zero-order valence-corrected chi connectivity index (χ0v) is 15.3. The van der Waals surface area contributed by atoms with Gasteiger partial charge in [0.1, 0.15) is 11.5 Å². The molecule has 4 rings (SSSR count). The van der Waals surface area contributed by atoms with Gasteiger partial charge in [-0.1, -0.05) is 29.3 Å². The summed E-state index contributed by atoms with van der Waals surface area (Å²) < 4.78 is 0. The predicted molar refractivity (Wildman–Crippen MR) is 104 cm³/mol. The Balaban J connectivity index is 0.00000210. The van der Waals surface area contributed by atoms with Gasteiger partial charge in [-0.15, -0.1) is 0 Å². The molecule has 2 fully saturated rings. The second-order valence-electron chi connectivity index (χ2n) is 6.67. The number of aromatic nitrogens is 2. The zero-order valence-electron chi connectivity index (χ0n) is 13.8. The molecule has 0 aromatic carbocycles. The van der Waals surface area contributed by atoms with Gasteiger partial charge in [0.2, 0.25) is 0 Å². The third-order valence-corrected chi connectivity index (χ3v) is 6.00. The number of rotatable bonds is 4. The van der Waals surface area contributed by atoms with E-state index in [1.165, 1.54) is 6.07 Å². The van der Waals surface area contributed by atoms with Crippen LogP contribution in [-0.2, 0) is 0 Å². The molecule has 1 saturated carbocycles. The monoisotopic (exact) mass is 402 g/mol. The number of carboxylic acids is 1. The van der Waals surface area contributed by atoms with Crippen molar-refractivity contribution in [3.8, 4) is 0 Å². The van der Waals surface area contributed by atoms with Crippen molar-refractivity contribution in [2.24, 2.45) is 11.8 Å². The number of halogens is 2. The standard InChI is InChI=1S/C17H16Cl2N4O3.Li.H/c1-7-12(18)13(19)15(20-7)16(24)22-14-8-5-23(6-9(8)14)11-4-2-3-10(21-11)17(25)26;;/h2-4,8-9,14,20H,5-6H2,1H3,(H,22,24)(H,25,26);;/t8-,9+,14?;;. The van der Waals surface area contributed by atoms with Crippen LogP contribution in [0.5, 0.6) is 0 Å². The fourth-order valence-corrected chi connectivity index (χ4v) is 4.01. The summed E-state index contributed by atoms with van der Waals surface area (Å²) in [7, 11) is 0. The Labute approximate surface area is 177 Å². The first-order valence-electron chi connectivity index (χ1n) is 8.16. The van der Waals surface area contributed by atoms with Crippen LogP contribution in [0.25, 0.3) is 0 Å². The van der Waals surface area contributed by atoms with Crippen LogP contribution in [-0.4, -0.2) is 64.9 Å². The Bertz CT molecular complexity index is 908. The molecule has 1 amide bonds. The molecule has 138 valence electrons. The summed E-state index contributed by atoms with van der Waals surface area (Å²) in [6.45, 7) is 3.21. The second-order valence-corrected chi connectivity index (χ2v) is 7.43. The van der Waals surface area contributed by atoms with E-state index in [1.807, 2.05) is 4.90 Å². The number of anilines is 1. The number of aryl methyl sites for hydroxylation is 1. The van der Waals surface area contributed by atoms with Gasteiger partial charge in [-0.25, -0.2) is 9.78 Å². The Morgan fingerprint density at radius 1 is 1.26 bits per heavy atom. The molecule has 0 radical (unpaired) electrons. The Hall–Kier alpha value is -1.65. The van der Waals surface area contributed by atoms with E-state index < -0.39 is 5.97 Å². The quantitative estimate of drug-likeness (QED) is 0.678. The number of aromatic amines is 1. The number of hydrogen-bond acceptors (Lipinski definition) is 4. The SMILES string of the molecule is Cc1[nH]c(C(=O)NC2[C@H]3CN(c4cccc(C(=O)O)n4)C[C@@H]23)c(Cl)c1Cl.[LiH]. The molecular formula is C17H17Cl2LiN4O3. The number of carbonyl (C=O) groups excluding carboxylic acids is 1. The Kier molecular flexibility index (Phi) is 5.51. The van der Waals surface area contributed by atoms with E-state index in [0.29, 0.717) is 28.4 Å². The summed E-state index contributed by atoms with van der Waals surface area (Å²) in [4.78, 5) is 32.6. The number of pyridine rings is 1. The normalized spacial score (nSPS) is 22.8. The van der Waals surface area contributed by atoms with Crippen LogP contribution >= 0.6 is 23.2 Å². The van der Waals surface area contributed by atoms with Crippen LogP contribution in [0.4, 0.5) is 5.82 Å². The topological polar surface area (TPSA) is 98.3 Å². The third-order valence-electron chi connectivity index (χ3n) is 5.05. The average Bonchev–Trinajstić information content (AvgIpc) is 2.95. The van der Waals surface area contributed by atoms with Gasteiger partial charge in [-0.05, 0) is 19.1 Å². The molecule has 27 heavy (non-hydrogen) atoms. The third kappa shape index (κ3) is 3.57. The van der Waals surface area contributed by atoms with Crippen molar-refractivity contribution in [1.29, 1.82) is 0 Å². The van der Waals surface area contributed by atoms with E-state index in [2.05, 4.69) is 15.3 Å². The molecule has 0 bridgehead atoms. The second kappa shape index (κ2) is 7.40. The number of H-pyrrole nitrogens is 1. The molecule has 2 aromatic heterocycles. The van der Waals surface area contributed by atoms with E-state index in [-0.39, 0.29) is 47.2 Å². The predicted octanol–water partition coefficient (Wildman–Crippen LogP) is 1.94. The molecule has 3 N–H and O–H groups in total. The van der Waals surface area contributed by atoms with E-state index >= 15 is 0 Å². The molecule has 7 nitrogen and oxygen atoms in total. The molecule has 0 spiro atoms. The van der Waals surface area contributed by atoms with Gasteiger partial charge < -0.3 is 20.3 Å². The summed E-state index contributed by atoms with van der Waals surface area (Å²) in [5.74, 6) is -0.0175. The van der Waals surface area contributed by atoms with Crippen molar-refractivity contribution in [3.63, 3.8) is 0 Å². The van der Waals surface area contributed by atoms with Crippen LogP contribution in [0.15, 0.2) is 18.2 Å². The van der Waals surface area contributed by atoms with Crippen LogP contribution < -0.4 is 10.2 Å². The first-order valence-corrected chi connectivity index (χ1v) is 8.92. The number of amides is 1. The van der Waals surface area contributed by atoms with E-state index in [4.69, 9.17) is 28.3 Å². The zero-order chi connectivity index (χ0) is 18.6. The van der Waals surface area contributed by atoms with Crippen molar-refractivity contribution in [2.45, 2.75) is 13.0 Å². The van der Waals surface area contributed by atoms with Gasteiger partial charge in [0.15, 0.2) is 5.69 Å². The fraction of sp³-hybridized carbons (Fsp3) is 0.353. The van der Waals surface area contributed by atoms with E-state index in [0.717, 1.165) is 13.1 Å². The van der Waals surface area contributed by atoms with Crippen LogP contribution in [0.1, 0.15) is 26.7 Å². The van der Waals surface area contributed by atoms with E-state index in [9.17, 15) is 9.59 Å². The summed E-state index contributed by atoms with van der Waals surface area (Å²) in [6, 6.07) is 5.04. The summed E-state index contributed by atoms with van der Waals surface area (Å²) in [5.41, 5.74) is 0.974. The van der Waals surface area contributed by atoms with Gasteiger partial charge >= 0.3 is 24.8 Å². The molecule has 1 unspecified atom stereocenters. The number of aromatic carboxylic acids is 1. The molecule has 1 aliphatic carbocycles. The molecule has 3 heterocycles. The Morgan fingerprint density at radius 3 is 2.48 bits per heavy atom. The van der Waals surface area contributed by atoms with E-state index in [1.54, 1.807) is 19.1 Å². The number of fused-ring (bicyclic) bond motifs is 1. The molecule has 2 aliphatic rings. The summed E-state index contributed by atoms with van der Waals surface area (Å²) in [5, 5.41) is 12.7. The van der Waals surface area contributed by atoms with Crippen LogP contribution in [0, 0.1) is 18.8 Å². The minimum absolute atomic E-state index is 0. The average molecular weight is 403 g/mol. The number of carboxylic acid groups (broad SMARTS) is 1. The van der Waals surface area contributed by atoms with Crippen molar-refractivity contribution in [3.05, 3.63) is 45.3 Å². The fourth-order valence-electron chi connectivity index (χ4n) is 3.60. The van der Waals surface area contributed by atoms with Crippen molar-refractivity contribution >= 4 is 59.8 Å². The van der Waals surface area contributed by atoms with Crippen molar-refractivity contribution in [1.82, 2.24) is 15.3 Å². The van der Waals surface area contributed by atoms with Gasteiger partial charge in [0, 0.05) is 36.7 Å². The van der Waals surface area contributed by atoms with Crippen LogP contribution in [0.3, 0.4) is 0 Å². The van der Waals surface area contributed by atoms with Gasteiger partial charge in [0.05, 0.1) is 10.0 Å². The maximum atomic E-state index is 12.4. The molecular weight excluding hydrogens is 386 g/mol. The molecule has 3 atom stereocenters. The first-order chi connectivity index (χ1) is 12.4. The number of nitrogens with one attached hydrogen (secondary N) is 2. The molecule has 10 heteroatoms. The maximum absolute atomic E-state index is 12.4. The molecule has 1 saturated heterocycles. The van der Waals surface area contributed by atoms with Gasteiger partial charge in [0.25, 0.3) is 5.91 Å². The van der Waals surface area contributed by atoms with Crippen molar-refractivity contribution in [2.75, 3.05) is 18.0 Å². The number of hydrogen-bond donors (Lipinski definition) is 3. The number of piperidine rings is 1. The van der Waals surface area contributed by atoms with Gasteiger partial charge in [-0.3, -0.25) is 4.79 Å². The van der Waals surface area contributed by atoms with Crippen molar-refractivity contribution < 1.29 is 14.7 Å². The molecule has 1 aliphatic heterocycles. The summed E-state index contributed by atoms with van der Waals surface area (Å²) >= 11 is 12.1. The number of carbonyl (C=O) groups is 2. The van der Waals surface area contributed by atoms with Crippen LogP contribution in [0.2, 0.25) is 10.0 Å².